The Morgan fingerprint density at radius 3 is 2.40 bits per heavy atom. The number of carbonyl (C=O) groups is 2. The fraction of sp³-hybridized carbons (Fsp3) is 0.714. The van der Waals surface area contributed by atoms with E-state index in [1.807, 2.05) is 14.1 Å². The number of rotatable bonds is 5. The number of terminal acetylenes is 1. The van der Waals surface area contributed by atoms with Crippen LogP contribution in [0.25, 0.3) is 0 Å². The number of likely N-dealkylation sites (tertiary alicyclic amines) is 1. The molecule has 2 amide bonds. The molecule has 0 aliphatic carbocycles. The van der Waals surface area contributed by atoms with E-state index in [0.717, 1.165) is 19.4 Å². The Morgan fingerprint density at radius 1 is 1.35 bits per heavy atom. The van der Waals surface area contributed by atoms with Crippen molar-refractivity contribution in [2.45, 2.75) is 12.8 Å². The van der Waals surface area contributed by atoms with Crippen LogP contribution in [-0.2, 0) is 4.79 Å². The van der Waals surface area contributed by atoms with Crippen molar-refractivity contribution in [3.05, 3.63) is 0 Å². The molecule has 20 heavy (non-hydrogen) atoms. The van der Waals surface area contributed by atoms with E-state index in [9.17, 15) is 9.59 Å². The van der Waals surface area contributed by atoms with Gasteiger partial charge in [-0.25, -0.2) is 4.79 Å². The monoisotopic (exact) mass is 281 g/mol. The minimum atomic E-state index is -1.05. The second-order valence-corrected chi connectivity index (χ2v) is 5.43. The molecule has 0 saturated carbocycles. The molecule has 0 aromatic rings. The third kappa shape index (κ3) is 5.10. The molecule has 0 bridgehead atoms. The summed E-state index contributed by atoms with van der Waals surface area (Å²) in [5.74, 6) is 1.88. The molecule has 1 heterocycles. The highest BCUT2D eigenvalue weighted by molar-refractivity contribution is 5.80. The lowest BCUT2D eigenvalue weighted by atomic mass is 9.96. The number of carbonyl (C=O) groups excluding carboxylic acids is 1. The van der Waals surface area contributed by atoms with E-state index < -0.39 is 5.97 Å². The summed E-state index contributed by atoms with van der Waals surface area (Å²) in [4.78, 5) is 28.0. The minimum Gasteiger partial charge on any atom is -0.480 e. The number of hydrogen-bond acceptors (Lipinski definition) is 3. The summed E-state index contributed by atoms with van der Waals surface area (Å²) < 4.78 is 0. The fourth-order valence-electron chi connectivity index (χ4n) is 2.49. The Kier molecular flexibility index (Phi) is 6.32. The molecule has 6 heteroatoms. The van der Waals surface area contributed by atoms with Crippen LogP contribution in [0.5, 0.6) is 0 Å². The number of hydrogen-bond donors (Lipinski definition) is 1. The SMILES string of the molecule is C#CCN(CC(=O)O)C(=O)N1CCC(CN(C)C)CC1. The summed E-state index contributed by atoms with van der Waals surface area (Å²) in [7, 11) is 4.08. The quantitative estimate of drug-likeness (QED) is 0.741. The highest BCUT2D eigenvalue weighted by Gasteiger charge is 2.27. The van der Waals surface area contributed by atoms with Crippen molar-refractivity contribution in [2.24, 2.45) is 5.92 Å². The maximum absolute atomic E-state index is 12.2. The van der Waals surface area contributed by atoms with Crippen molar-refractivity contribution >= 4 is 12.0 Å². The smallest absolute Gasteiger partial charge is 0.323 e. The Hall–Kier alpha value is -1.74. The molecule has 0 unspecified atom stereocenters. The second-order valence-electron chi connectivity index (χ2n) is 5.43. The summed E-state index contributed by atoms with van der Waals surface area (Å²) in [6.45, 7) is 2.03. The van der Waals surface area contributed by atoms with Crippen LogP contribution in [0, 0.1) is 18.3 Å². The first kappa shape index (κ1) is 16.3. The molecule has 0 spiro atoms. The summed E-state index contributed by atoms with van der Waals surface area (Å²) >= 11 is 0. The van der Waals surface area contributed by atoms with E-state index in [2.05, 4.69) is 10.8 Å². The first-order valence-electron chi connectivity index (χ1n) is 6.78. The van der Waals surface area contributed by atoms with Gasteiger partial charge in [0.15, 0.2) is 0 Å². The predicted molar refractivity (Wildman–Crippen MR) is 76.3 cm³/mol. The van der Waals surface area contributed by atoms with Gasteiger partial charge in [-0.05, 0) is 32.9 Å². The minimum absolute atomic E-state index is 0.0305. The topological polar surface area (TPSA) is 64.1 Å². The molecule has 1 aliphatic heterocycles. The van der Waals surface area contributed by atoms with Crippen LogP contribution in [0.2, 0.25) is 0 Å². The van der Waals surface area contributed by atoms with Gasteiger partial charge in [-0.15, -0.1) is 6.42 Å². The van der Waals surface area contributed by atoms with Crippen LogP contribution in [0.1, 0.15) is 12.8 Å². The summed E-state index contributed by atoms with van der Waals surface area (Å²) in [6.07, 6.45) is 7.08. The number of aliphatic carboxylic acids is 1. The van der Waals surface area contributed by atoms with Gasteiger partial charge in [0.2, 0.25) is 0 Å². The Balaban J connectivity index is 2.51. The van der Waals surface area contributed by atoms with E-state index in [0.29, 0.717) is 19.0 Å². The number of carboxylic acid groups (broad SMARTS) is 1. The standard InChI is InChI=1S/C14H23N3O3/c1-4-7-17(11-13(18)19)14(20)16-8-5-12(6-9-16)10-15(2)3/h1,12H,5-11H2,2-3H3,(H,18,19). The predicted octanol–water partition coefficient (Wildman–Crippen LogP) is 0.400. The van der Waals surface area contributed by atoms with E-state index in [1.165, 1.54) is 4.90 Å². The zero-order valence-corrected chi connectivity index (χ0v) is 12.2. The molecule has 1 aliphatic rings. The molecule has 1 fully saturated rings. The van der Waals surface area contributed by atoms with Crippen molar-refractivity contribution in [1.82, 2.24) is 14.7 Å². The normalized spacial score (nSPS) is 16.0. The van der Waals surface area contributed by atoms with Crippen LogP contribution >= 0.6 is 0 Å². The van der Waals surface area contributed by atoms with Crippen LogP contribution in [0.15, 0.2) is 0 Å². The summed E-state index contributed by atoms with van der Waals surface area (Å²) in [6, 6.07) is -0.270. The van der Waals surface area contributed by atoms with Crippen LogP contribution in [-0.4, -0.2) is 78.6 Å². The largest absolute Gasteiger partial charge is 0.480 e. The molecule has 112 valence electrons. The van der Waals surface area contributed by atoms with Gasteiger partial charge < -0.3 is 19.8 Å². The summed E-state index contributed by atoms with van der Waals surface area (Å²) in [5.41, 5.74) is 0. The van der Waals surface area contributed by atoms with Crippen molar-refractivity contribution in [3.63, 3.8) is 0 Å². The maximum Gasteiger partial charge on any atom is 0.323 e. The van der Waals surface area contributed by atoms with Gasteiger partial charge in [-0.3, -0.25) is 4.79 Å². The third-order valence-electron chi connectivity index (χ3n) is 3.39. The molecular weight excluding hydrogens is 258 g/mol. The van der Waals surface area contributed by atoms with Crippen molar-refractivity contribution < 1.29 is 14.7 Å². The average molecular weight is 281 g/mol. The van der Waals surface area contributed by atoms with Crippen molar-refractivity contribution in [1.29, 1.82) is 0 Å². The van der Waals surface area contributed by atoms with Gasteiger partial charge in [-0.2, -0.15) is 0 Å². The lowest BCUT2D eigenvalue weighted by Gasteiger charge is -2.35. The number of amides is 2. The van der Waals surface area contributed by atoms with Crippen LogP contribution < -0.4 is 0 Å². The Bertz CT molecular complexity index is 382. The lowest BCUT2D eigenvalue weighted by Crippen LogP contribution is -2.49. The zero-order valence-electron chi connectivity index (χ0n) is 12.2. The third-order valence-corrected chi connectivity index (χ3v) is 3.39. The van der Waals surface area contributed by atoms with Gasteiger partial charge in [0.1, 0.15) is 6.54 Å². The van der Waals surface area contributed by atoms with Crippen molar-refractivity contribution in [2.75, 3.05) is 46.8 Å². The molecular formula is C14H23N3O3. The van der Waals surface area contributed by atoms with Crippen LogP contribution in [0.4, 0.5) is 4.79 Å². The van der Waals surface area contributed by atoms with E-state index in [4.69, 9.17) is 11.5 Å². The fourth-order valence-corrected chi connectivity index (χ4v) is 2.49. The van der Waals surface area contributed by atoms with Gasteiger partial charge in [0, 0.05) is 19.6 Å². The first-order valence-corrected chi connectivity index (χ1v) is 6.78. The molecule has 0 aromatic heterocycles. The molecule has 1 N–H and O–H groups in total. The molecule has 6 nitrogen and oxygen atoms in total. The zero-order chi connectivity index (χ0) is 15.1. The second kappa shape index (κ2) is 7.75. The summed E-state index contributed by atoms with van der Waals surface area (Å²) in [5, 5.41) is 8.81. The van der Waals surface area contributed by atoms with E-state index in [-0.39, 0.29) is 19.1 Å². The Morgan fingerprint density at radius 2 is 1.95 bits per heavy atom. The molecule has 0 atom stereocenters. The Labute approximate surface area is 120 Å². The molecule has 0 aromatic carbocycles. The van der Waals surface area contributed by atoms with Crippen molar-refractivity contribution in [3.8, 4) is 12.3 Å². The maximum atomic E-state index is 12.2. The van der Waals surface area contributed by atoms with Gasteiger partial charge in [0.25, 0.3) is 0 Å². The van der Waals surface area contributed by atoms with Crippen LogP contribution in [0.3, 0.4) is 0 Å². The molecule has 1 saturated heterocycles. The van der Waals surface area contributed by atoms with E-state index >= 15 is 0 Å². The highest BCUT2D eigenvalue weighted by Crippen LogP contribution is 2.18. The number of carboxylic acids is 1. The van der Waals surface area contributed by atoms with Gasteiger partial charge in [-0.1, -0.05) is 5.92 Å². The average Bonchev–Trinajstić information content (AvgIpc) is 2.37. The van der Waals surface area contributed by atoms with Gasteiger partial charge in [0.05, 0.1) is 6.54 Å². The number of nitrogens with zero attached hydrogens (tertiary/aromatic N) is 3. The van der Waals surface area contributed by atoms with E-state index in [1.54, 1.807) is 4.90 Å². The number of piperidine rings is 1. The number of urea groups is 1. The lowest BCUT2D eigenvalue weighted by molar-refractivity contribution is -0.137. The molecule has 1 rings (SSSR count). The molecule has 0 radical (unpaired) electrons. The first-order chi connectivity index (χ1) is 9.43. The van der Waals surface area contributed by atoms with Gasteiger partial charge >= 0.3 is 12.0 Å². The highest BCUT2D eigenvalue weighted by atomic mass is 16.4.